The lowest BCUT2D eigenvalue weighted by molar-refractivity contribution is 0.0505. The Balaban J connectivity index is 1.27. The third-order valence-corrected chi connectivity index (χ3v) is 9.52. The summed E-state index contributed by atoms with van der Waals surface area (Å²) in [6.07, 6.45) is 5.60. The molecule has 2 fully saturated rings. The molecule has 11 heteroatoms. The molecule has 0 radical (unpaired) electrons. The van der Waals surface area contributed by atoms with E-state index in [-0.39, 0.29) is 16.3 Å². The molecule has 1 spiro atoms. The molecule has 6 rings (SSSR count). The van der Waals surface area contributed by atoms with Crippen LogP contribution >= 0.6 is 11.6 Å². The second kappa shape index (κ2) is 10.7. The number of amides is 1. The van der Waals surface area contributed by atoms with Crippen LogP contribution in [0.3, 0.4) is 0 Å². The third-order valence-electron chi connectivity index (χ3n) is 9.21. The number of hydrogen-bond acceptors (Lipinski definition) is 8. The maximum Gasteiger partial charge on any atom is 0.339 e. The molecule has 4 heterocycles. The van der Waals surface area contributed by atoms with Crippen LogP contribution < -0.4 is 9.80 Å². The highest BCUT2D eigenvalue weighted by atomic mass is 35.5. The first-order valence-corrected chi connectivity index (χ1v) is 15.1. The lowest BCUT2D eigenvalue weighted by atomic mass is 9.84. The summed E-state index contributed by atoms with van der Waals surface area (Å²) in [7, 11) is 1.36. The number of piperazine rings is 1. The SMILES string of the molecule is COC(=O)c1c(C)cc(N2CCN(C(=O)c3cnc4c(n3)C3(CCCC3)CN4c3ccc(Cl)c(F)c3)C(C)(C)C2)nc1C. The highest BCUT2D eigenvalue weighted by Crippen LogP contribution is 2.51. The minimum atomic E-state index is -0.529. The summed E-state index contributed by atoms with van der Waals surface area (Å²) in [5.74, 6) is 0.404. The Labute approximate surface area is 256 Å². The van der Waals surface area contributed by atoms with Gasteiger partial charge in [-0.3, -0.25) is 4.79 Å². The molecule has 0 atom stereocenters. The topological polar surface area (TPSA) is 91.8 Å². The number of carbonyl (C=O) groups is 2. The van der Waals surface area contributed by atoms with Crippen molar-refractivity contribution in [2.75, 3.05) is 43.1 Å². The predicted octanol–water partition coefficient (Wildman–Crippen LogP) is 5.77. The largest absolute Gasteiger partial charge is 0.465 e. The zero-order valence-electron chi connectivity index (χ0n) is 25.2. The van der Waals surface area contributed by atoms with Gasteiger partial charge in [-0.05, 0) is 70.4 Å². The van der Waals surface area contributed by atoms with Crippen LogP contribution in [0.4, 0.5) is 21.7 Å². The summed E-state index contributed by atoms with van der Waals surface area (Å²) in [5, 5.41) is 0.0766. The summed E-state index contributed by atoms with van der Waals surface area (Å²) in [5.41, 5.74) is 2.97. The van der Waals surface area contributed by atoms with Gasteiger partial charge in [0, 0.05) is 37.3 Å². The van der Waals surface area contributed by atoms with Crippen LogP contribution in [0.15, 0.2) is 30.5 Å². The Morgan fingerprint density at radius 2 is 1.79 bits per heavy atom. The Bertz CT molecular complexity index is 1600. The number of aromatic nitrogens is 3. The first-order valence-electron chi connectivity index (χ1n) is 14.7. The van der Waals surface area contributed by atoms with E-state index in [0.717, 1.165) is 42.8 Å². The first-order chi connectivity index (χ1) is 20.4. The molecule has 0 unspecified atom stereocenters. The van der Waals surface area contributed by atoms with Crippen molar-refractivity contribution in [3.05, 3.63) is 69.5 Å². The Morgan fingerprint density at radius 1 is 1.05 bits per heavy atom. The summed E-state index contributed by atoms with van der Waals surface area (Å²) in [4.78, 5) is 46.7. The number of pyridine rings is 1. The van der Waals surface area contributed by atoms with E-state index in [0.29, 0.717) is 54.6 Å². The molecular weight excluding hydrogens is 571 g/mol. The summed E-state index contributed by atoms with van der Waals surface area (Å²) in [6, 6.07) is 6.69. The molecular formula is C32H36ClFN6O3. The van der Waals surface area contributed by atoms with E-state index in [2.05, 4.69) is 4.90 Å². The van der Waals surface area contributed by atoms with E-state index in [4.69, 9.17) is 31.3 Å². The van der Waals surface area contributed by atoms with Gasteiger partial charge in [-0.25, -0.2) is 24.1 Å². The van der Waals surface area contributed by atoms with Crippen molar-refractivity contribution in [3.8, 4) is 0 Å². The molecule has 3 aliphatic rings. The molecule has 1 saturated carbocycles. The van der Waals surface area contributed by atoms with Gasteiger partial charge in [0.15, 0.2) is 5.82 Å². The molecule has 0 N–H and O–H groups in total. The van der Waals surface area contributed by atoms with Crippen molar-refractivity contribution >= 4 is 40.8 Å². The van der Waals surface area contributed by atoms with E-state index in [1.165, 1.54) is 13.2 Å². The smallest absolute Gasteiger partial charge is 0.339 e. The normalized spacial score (nSPS) is 18.7. The molecule has 43 heavy (non-hydrogen) atoms. The number of fused-ring (bicyclic) bond motifs is 2. The van der Waals surface area contributed by atoms with E-state index in [9.17, 15) is 14.0 Å². The van der Waals surface area contributed by atoms with Gasteiger partial charge in [0.2, 0.25) is 0 Å². The predicted molar refractivity (Wildman–Crippen MR) is 163 cm³/mol. The van der Waals surface area contributed by atoms with E-state index in [1.54, 1.807) is 18.3 Å². The number of rotatable bonds is 4. The zero-order chi connectivity index (χ0) is 30.7. The van der Waals surface area contributed by atoms with Gasteiger partial charge in [0.1, 0.15) is 17.3 Å². The van der Waals surface area contributed by atoms with Gasteiger partial charge < -0.3 is 19.4 Å². The monoisotopic (exact) mass is 606 g/mol. The summed E-state index contributed by atoms with van der Waals surface area (Å²) >= 11 is 5.95. The maximum atomic E-state index is 14.4. The molecule has 1 aromatic carbocycles. The molecule has 3 aromatic rings. The van der Waals surface area contributed by atoms with Crippen molar-refractivity contribution in [1.82, 2.24) is 19.9 Å². The van der Waals surface area contributed by atoms with Gasteiger partial charge in [-0.15, -0.1) is 0 Å². The van der Waals surface area contributed by atoms with Gasteiger partial charge in [-0.2, -0.15) is 0 Å². The van der Waals surface area contributed by atoms with Crippen LogP contribution in [-0.2, 0) is 10.2 Å². The average molecular weight is 607 g/mol. The summed E-state index contributed by atoms with van der Waals surface area (Å²) < 4.78 is 19.3. The fourth-order valence-electron chi connectivity index (χ4n) is 7.05. The quantitative estimate of drug-likeness (QED) is 0.346. The number of esters is 1. The highest BCUT2D eigenvalue weighted by molar-refractivity contribution is 6.30. The van der Waals surface area contributed by atoms with Crippen LogP contribution in [-0.4, -0.2) is 70.6 Å². The van der Waals surface area contributed by atoms with Crippen molar-refractivity contribution in [1.29, 1.82) is 0 Å². The third kappa shape index (κ3) is 4.99. The first kappa shape index (κ1) is 29.3. The lowest BCUT2D eigenvalue weighted by Gasteiger charge is -2.47. The fourth-order valence-corrected chi connectivity index (χ4v) is 7.17. The van der Waals surface area contributed by atoms with Crippen LogP contribution in [0, 0.1) is 19.7 Å². The standard InChI is InChI=1S/C32H36ClFN6O3/c1-19-14-25(36-20(2)26(19)30(42)43-5)38-12-13-40(31(3,4)17-38)29(41)24-16-35-28-27(37-24)32(10-6-7-11-32)18-39(28)21-8-9-22(33)23(34)15-21/h8-9,14-16H,6-7,10-13,17-18H2,1-5H3. The summed E-state index contributed by atoms with van der Waals surface area (Å²) in [6.45, 7) is 10.0. The number of aryl methyl sites for hydroxylation is 2. The van der Waals surface area contributed by atoms with Gasteiger partial charge in [-0.1, -0.05) is 24.4 Å². The van der Waals surface area contributed by atoms with Crippen LogP contribution in [0.2, 0.25) is 5.02 Å². The molecule has 1 amide bonds. The van der Waals surface area contributed by atoms with Crippen LogP contribution in [0.1, 0.15) is 77.3 Å². The Hall–Kier alpha value is -3.79. The maximum absolute atomic E-state index is 14.4. The average Bonchev–Trinajstić information content (AvgIpc) is 3.58. The Kier molecular flexibility index (Phi) is 7.31. The van der Waals surface area contributed by atoms with Gasteiger partial charge in [0.05, 0.1) is 40.8 Å². The van der Waals surface area contributed by atoms with E-state index < -0.39 is 17.3 Å². The number of hydrogen-bond donors (Lipinski definition) is 0. The van der Waals surface area contributed by atoms with Crippen molar-refractivity contribution < 1.29 is 18.7 Å². The number of ether oxygens (including phenoxy) is 1. The molecule has 0 bridgehead atoms. The highest BCUT2D eigenvalue weighted by Gasteiger charge is 2.48. The Morgan fingerprint density at radius 3 is 2.44 bits per heavy atom. The number of methoxy groups -OCH3 is 1. The second-order valence-corrected chi connectivity index (χ2v) is 12.9. The lowest BCUT2D eigenvalue weighted by Crippen LogP contribution is -2.61. The molecule has 226 valence electrons. The number of nitrogens with zero attached hydrogens (tertiary/aromatic N) is 6. The van der Waals surface area contributed by atoms with Crippen molar-refractivity contribution in [2.45, 2.75) is 64.3 Å². The van der Waals surface area contributed by atoms with Gasteiger partial charge >= 0.3 is 5.97 Å². The number of carbonyl (C=O) groups excluding carboxylic acids is 2. The molecule has 9 nitrogen and oxygen atoms in total. The second-order valence-electron chi connectivity index (χ2n) is 12.5. The van der Waals surface area contributed by atoms with E-state index in [1.807, 2.05) is 43.6 Å². The zero-order valence-corrected chi connectivity index (χ0v) is 26.0. The van der Waals surface area contributed by atoms with Crippen LogP contribution in [0.5, 0.6) is 0 Å². The number of halogens is 2. The number of anilines is 3. The minimum absolute atomic E-state index is 0.0766. The molecule has 2 aliphatic heterocycles. The molecule has 1 saturated heterocycles. The molecule has 1 aliphatic carbocycles. The van der Waals surface area contributed by atoms with Crippen LogP contribution in [0.25, 0.3) is 0 Å². The van der Waals surface area contributed by atoms with Crippen molar-refractivity contribution in [2.24, 2.45) is 0 Å². The van der Waals surface area contributed by atoms with Crippen molar-refractivity contribution in [3.63, 3.8) is 0 Å². The molecule has 2 aromatic heterocycles. The van der Waals surface area contributed by atoms with E-state index >= 15 is 0 Å². The fraction of sp³-hybridized carbons (Fsp3) is 0.469. The number of benzene rings is 1. The minimum Gasteiger partial charge on any atom is -0.465 e. The van der Waals surface area contributed by atoms with Gasteiger partial charge in [0.25, 0.3) is 5.91 Å².